The van der Waals surface area contributed by atoms with E-state index in [1.165, 1.54) is 37.8 Å². The van der Waals surface area contributed by atoms with E-state index in [4.69, 9.17) is 0 Å². The maximum Gasteiger partial charge on any atom is 0.416 e. The molecule has 0 saturated heterocycles. The van der Waals surface area contributed by atoms with Crippen LogP contribution in [0.5, 0.6) is 0 Å². The van der Waals surface area contributed by atoms with Crippen LogP contribution in [-0.4, -0.2) is 18.5 Å². The SMILES string of the molecule is O=C(CCNC1CCCCCC1)Nc1cccc(C(F)(F)F)c1. The average Bonchev–Trinajstić information content (AvgIpc) is 2.75. The largest absolute Gasteiger partial charge is 0.416 e. The summed E-state index contributed by atoms with van der Waals surface area (Å²) in [5, 5.41) is 5.90. The van der Waals surface area contributed by atoms with Crippen molar-refractivity contribution >= 4 is 11.6 Å². The molecular weight excluding hydrogens is 305 g/mol. The summed E-state index contributed by atoms with van der Waals surface area (Å²) in [6.07, 6.45) is 3.10. The molecule has 0 atom stereocenters. The van der Waals surface area contributed by atoms with Crippen molar-refractivity contribution in [3.8, 4) is 0 Å². The van der Waals surface area contributed by atoms with E-state index in [0.717, 1.165) is 25.0 Å². The second-order valence-electron chi connectivity index (χ2n) is 6.02. The summed E-state index contributed by atoms with van der Waals surface area (Å²) >= 11 is 0. The Hall–Kier alpha value is -1.56. The Bertz CT molecular complexity index is 509. The first-order valence-electron chi connectivity index (χ1n) is 8.15. The van der Waals surface area contributed by atoms with Gasteiger partial charge in [-0.2, -0.15) is 13.2 Å². The molecule has 0 aliphatic heterocycles. The Labute approximate surface area is 134 Å². The lowest BCUT2D eigenvalue weighted by Crippen LogP contribution is -2.31. The molecule has 128 valence electrons. The Kier molecular flexibility index (Phi) is 6.45. The highest BCUT2D eigenvalue weighted by atomic mass is 19.4. The summed E-state index contributed by atoms with van der Waals surface area (Å²) in [6, 6.07) is 5.16. The molecule has 6 heteroatoms. The number of hydrogen-bond donors (Lipinski definition) is 2. The quantitative estimate of drug-likeness (QED) is 0.789. The van der Waals surface area contributed by atoms with Crippen LogP contribution in [0.1, 0.15) is 50.5 Å². The van der Waals surface area contributed by atoms with Gasteiger partial charge < -0.3 is 10.6 Å². The summed E-state index contributed by atoms with van der Waals surface area (Å²) < 4.78 is 37.9. The summed E-state index contributed by atoms with van der Waals surface area (Å²) in [6.45, 7) is 0.551. The molecule has 0 aromatic heterocycles. The van der Waals surface area contributed by atoms with Gasteiger partial charge in [0.05, 0.1) is 5.56 Å². The van der Waals surface area contributed by atoms with Crippen LogP contribution >= 0.6 is 0 Å². The van der Waals surface area contributed by atoms with E-state index in [1.54, 1.807) is 0 Å². The predicted octanol–water partition coefficient (Wildman–Crippen LogP) is 4.35. The second-order valence-corrected chi connectivity index (χ2v) is 6.02. The predicted molar refractivity (Wildman–Crippen MR) is 84.2 cm³/mol. The molecule has 1 fully saturated rings. The lowest BCUT2D eigenvalue weighted by Gasteiger charge is -2.16. The van der Waals surface area contributed by atoms with Crippen LogP contribution in [0.2, 0.25) is 0 Å². The molecule has 1 aliphatic rings. The molecule has 0 heterocycles. The Morgan fingerprint density at radius 2 is 1.83 bits per heavy atom. The van der Waals surface area contributed by atoms with Crippen molar-refractivity contribution in [2.24, 2.45) is 0 Å². The smallest absolute Gasteiger partial charge is 0.326 e. The lowest BCUT2D eigenvalue weighted by atomic mass is 10.1. The van der Waals surface area contributed by atoms with Crippen molar-refractivity contribution in [2.75, 3.05) is 11.9 Å². The topological polar surface area (TPSA) is 41.1 Å². The van der Waals surface area contributed by atoms with Crippen molar-refractivity contribution in [1.82, 2.24) is 5.32 Å². The number of alkyl halides is 3. The molecule has 0 unspecified atom stereocenters. The van der Waals surface area contributed by atoms with Crippen molar-refractivity contribution in [2.45, 2.75) is 57.2 Å². The molecule has 1 aromatic rings. The van der Waals surface area contributed by atoms with Gasteiger partial charge in [-0.05, 0) is 31.0 Å². The summed E-state index contributed by atoms with van der Waals surface area (Å²) in [7, 11) is 0. The third-order valence-electron chi connectivity index (χ3n) is 4.11. The summed E-state index contributed by atoms with van der Waals surface area (Å²) in [4.78, 5) is 11.9. The van der Waals surface area contributed by atoms with Crippen molar-refractivity contribution in [3.63, 3.8) is 0 Å². The van der Waals surface area contributed by atoms with Gasteiger partial charge in [0.2, 0.25) is 5.91 Å². The van der Waals surface area contributed by atoms with Crippen LogP contribution in [0.15, 0.2) is 24.3 Å². The average molecular weight is 328 g/mol. The van der Waals surface area contributed by atoms with Crippen LogP contribution in [0.25, 0.3) is 0 Å². The summed E-state index contributed by atoms with van der Waals surface area (Å²) in [5.41, 5.74) is -0.578. The zero-order chi connectivity index (χ0) is 16.7. The molecule has 1 amide bonds. The fourth-order valence-corrected chi connectivity index (χ4v) is 2.87. The van der Waals surface area contributed by atoms with Gasteiger partial charge in [0, 0.05) is 24.7 Å². The maximum atomic E-state index is 12.6. The number of anilines is 1. The standard InChI is InChI=1S/C17H23F3N2O/c18-17(19,20)13-6-5-9-15(12-13)22-16(23)10-11-21-14-7-3-1-2-4-8-14/h5-6,9,12,14,21H,1-4,7-8,10-11H2,(H,22,23). The highest BCUT2D eigenvalue weighted by Gasteiger charge is 2.30. The number of carbonyl (C=O) groups is 1. The third kappa shape index (κ3) is 6.22. The van der Waals surface area contributed by atoms with Gasteiger partial charge >= 0.3 is 6.18 Å². The number of amides is 1. The van der Waals surface area contributed by atoms with Gasteiger partial charge in [-0.25, -0.2) is 0 Å². The van der Waals surface area contributed by atoms with Crippen molar-refractivity contribution < 1.29 is 18.0 Å². The van der Waals surface area contributed by atoms with Crippen LogP contribution < -0.4 is 10.6 Å². The third-order valence-corrected chi connectivity index (χ3v) is 4.11. The molecule has 2 rings (SSSR count). The first kappa shape index (κ1) is 17.8. The zero-order valence-corrected chi connectivity index (χ0v) is 13.1. The van der Waals surface area contributed by atoms with E-state index < -0.39 is 11.7 Å². The number of halogens is 3. The fourth-order valence-electron chi connectivity index (χ4n) is 2.87. The van der Waals surface area contributed by atoms with E-state index in [2.05, 4.69) is 10.6 Å². The number of benzene rings is 1. The molecule has 0 spiro atoms. The van der Waals surface area contributed by atoms with Gasteiger partial charge in [0.25, 0.3) is 0 Å². The number of carbonyl (C=O) groups excluding carboxylic acids is 1. The molecule has 0 radical (unpaired) electrons. The van der Waals surface area contributed by atoms with Crippen molar-refractivity contribution in [3.05, 3.63) is 29.8 Å². The Morgan fingerprint density at radius 1 is 1.13 bits per heavy atom. The minimum atomic E-state index is -4.40. The molecule has 1 saturated carbocycles. The normalized spacial score (nSPS) is 16.8. The number of rotatable bonds is 5. The monoisotopic (exact) mass is 328 g/mol. The highest BCUT2D eigenvalue weighted by Crippen LogP contribution is 2.30. The fraction of sp³-hybridized carbons (Fsp3) is 0.588. The van der Waals surface area contributed by atoms with Gasteiger partial charge in [0.1, 0.15) is 0 Å². The molecule has 1 aromatic carbocycles. The van der Waals surface area contributed by atoms with Crippen LogP contribution in [0.3, 0.4) is 0 Å². The van der Waals surface area contributed by atoms with E-state index in [0.29, 0.717) is 12.6 Å². The van der Waals surface area contributed by atoms with Crippen LogP contribution in [0.4, 0.5) is 18.9 Å². The molecule has 1 aliphatic carbocycles. The second kappa shape index (κ2) is 8.34. The highest BCUT2D eigenvalue weighted by molar-refractivity contribution is 5.90. The van der Waals surface area contributed by atoms with E-state index >= 15 is 0 Å². The van der Waals surface area contributed by atoms with Gasteiger partial charge in [0.15, 0.2) is 0 Å². The van der Waals surface area contributed by atoms with E-state index in [1.807, 2.05) is 0 Å². The lowest BCUT2D eigenvalue weighted by molar-refractivity contribution is -0.137. The first-order valence-corrected chi connectivity index (χ1v) is 8.15. The molecular formula is C17H23F3N2O. The van der Waals surface area contributed by atoms with Crippen LogP contribution in [0, 0.1) is 0 Å². The van der Waals surface area contributed by atoms with Gasteiger partial charge in [-0.1, -0.05) is 31.7 Å². The molecule has 23 heavy (non-hydrogen) atoms. The number of nitrogens with one attached hydrogen (secondary N) is 2. The first-order chi connectivity index (χ1) is 10.9. The Morgan fingerprint density at radius 3 is 2.48 bits per heavy atom. The summed E-state index contributed by atoms with van der Waals surface area (Å²) in [5.74, 6) is -0.273. The Balaban J connectivity index is 1.76. The van der Waals surface area contributed by atoms with Crippen LogP contribution in [-0.2, 0) is 11.0 Å². The molecule has 3 nitrogen and oxygen atoms in total. The van der Waals surface area contributed by atoms with E-state index in [-0.39, 0.29) is 18.0 Å². The van der Waals surface area contributed by atoms with Crippen molar-refractivity contribution in [1.29, 1.82) is 0 Å². The number of hydrogen-bond acceptors (Lipinski definition) is 2. The maximum absolute atomic E-state index is 12.6. The zero-order valence-electron chi connectivity index (χ0n) is 13.1. The van der Waals surface area contributed by atoms with Gasteiger partial charge in [-0.3, -0.25) is 4.79 Å². The minimum Gasteiger partial charge on any atom is -0.326 e. The van der Waals surface area contributed by atoms with Gasteiger partial charge in [-0.15, -0.1) is 0 Å². The molecule has 0 bridgehead atoms. The minimum absolute atomic E-state index is 0.180. The molecule has 2 N–H and O–H groups in total. The van der Waals surface area contributed by atoms with E-state index in [9.17, 15) is 18.0 Å².